The van der Waals surface area contributed by atoms with Gasteiger partial charge in [0, 0.05) is 45.8 Å². The third-order valence-electron chi connectivity index (χ3n) is 7.28. The largest absolute Gasteiger partial charge is 0.371 e. The highest BCUT2D eigenvalue weighted by molar-refractivity contribution is 5.45. The van der Waals surface area contributed by atoms with Crippen molar-refractivity contribution < 1.29 is 0 Å². The number of benzene rings is 3. The third-order valence-corrected chi connectivity index (χ3v) is 7.28. The molecule has 0 saturated carbocycles. The van der Waals surface area contributed by atoms with Gasteiger partial charge in [0.2, 0.25) is 0 Å². The van der Waals surface area contributed by atoms with Crippen molar-refractivity contribution in [2.45, 2.75) is 12.5 Å². The Morgan fingerprint density at radius 1 is 0.763 bits per heavy atom. The maximum atomic E-state index is 12.9. The van der Waals surface area contributed by atoms with Crippen LogP contribution in [-0.2, 0) is 7.05 Å². The second-order valence-corrected chi connectivity index (χ2v) is 9.76. The molecule has 1 fully saturated rings. The summed E-state index contributed by atoms with van der Waals surface area (Å²) in [6, 6.07) is 32.7. The van der Waals surface area contributed by atoms with Gasteiger partial charge in [-0.1, -0.05) is 78.9 Å². The second-order valence-electron chi connectivity index (χ2n) is 9.76. The van der Waals surface area contributed by atoms with Crippen molar-refractivity contribution in [2.24, 2.45) is 7.05 Å². The smallest absolute Gasteiger partial charge is 0.336 e. The number of piperazine rings is 1. The van der Waals surface area contributed by atoms with E-state index in [-0.39, 0.29) is 17.3 Å². The van der Waals surface area contributed by atoms with Gasteiger partial charge >= 0.3 is 5.69 Å². The zero-order chi connectivity index (χ0) is 26.3. The van der Waals surface area contributed by atoms with E-state index in [0.29, 0.717) is 12.4 Å². The van der Waals surface area contributed by atoms with Crippen LogP contribution in [0.2, 0.25) is 0 Å². The topological polar surface area (TPSA) is 62.5 Å². The summed E-state index contributed by atoms with van der Waals surface area (Å²) in [5, 5.41) is 3.34. The molecule has 0 atom stereocenters. The molecular formula is C31H35N5O2. The van der Waals surface area contributed by atoms with Crippen molar-refractivity contribution in [1.29, 1.82) is 0 Å². The van der Waals surface area contributed by atoms with Crippen LogP contribution in [0.5, 0.6) is 0 Å². The molecule has 1 aromatic heterocycles. The Hall–Kier alpha value is -3.94. The zero-order valence-corrected chi connectivity index (χ0v) is 21.9. The lowest BCUT2D eigenvalue weighted by Gasteiger charge is -2.40. The van der Waals surface area contributed by atoms with E-state index in [4.69, 9.17) is 0 Å². The highest BCUT2D eigenvalue weighted by Gasteiger charge is 2.26. The first-order valence-electron chi connectivity index (χ1n) is 13.3. The SMILES string of the molecule is Cn1c(=O)cc(NCCCN2CCN(C(c3ccccc3)c3ccccc3)CC2)n(-c2ccccc2)c1=O. The summed E-state index contributed by atoms with van der Waals surface area (Å²) in [7, 11) is 1.51. The number of nitrogens with one attached hydrogen (secondary N) is 1. The number of anilines is 1. The Kier molecular flexibility index (Phi) is 8.16. The van der Waals surface area contributed by atoms with Crippen molar-refractivity contribution in [3.63, 3.8) is 0 Å². The fourth-order valence-corrected chi connectivity index (χ4v) is 5.23. The van der Waals surface area contributed by atoms with E-state index in [1.54, 1.807) is 4.57 Å². The summed E-state index contributed by atoms with van der Waals surface area (Å²) in [5.41, 5.74) is 2.73. The van der Waals surface area contributed by atoms with E-state index in [1.807, 2.05) is 30.3 Å². The normalized spacial score (nSPS) is 14.6. The Labute approximate surface area is 223 Å². The summed E-state index contributed by atoms with van der Waals surface area (Å²) in [5.74, 6) is 0.530. The molecule has 1 saturated heterocycles. The lowest BCUT2D eigenvalue weighted by Crippen LogP contribution is -2.48. The van der Waals surface area contributed by atoms with Gasteiger partial charge in [0.05, 0.1) is 11.7 Å². The molecule has 4 aromatic rings. The van der Waals surface area contributed by atoms with Gasteiger partial charge < -0.3 is 10.2 Å². The predicted molar refractivity (Wildman–Crippen MR) is 153 cm³/mol. The maximum absolute atomic E-state index is 12.9. The van der Waals surface area contributed by atoms with E-state index >= 15 is 0 Å². The van der Waals surface area contributed by atoms with Crippen LogP contribution in [0.25, 0.3) is 5.69 Å². The zero-order valence-electron chi connectivity index (χ0n) is 21.9. The molecule has 1 aliphatic heterocycles. The van der Waals surface area contributed by atoms with Crippen molar-refractivity contribution in [3.8, 4) is 5.69 Å². The van der Waals surface area contributed by atoms with Gasteiger partial charge in [0.15, 0.2) is 0 Å². The monoisotopic (exact) mass is 509 g/mol. The molecule has 0 aliphatic carbocycles. The average molecular weight is 510 g/mol. The minimum Gasteiger partial charge on any atom is -0.371 e. The lowest BCUT2D eigenvalue weighted by molar-refractivity contribution is 0.109. The Bertz CT molecular complexity index is 1390. The van der Waals surface area contributed by atoms with Gasteiger partial charge in [-0.15, -0.1) is 0 Å². The second kappa shape index (κ2) is 12.1. The quantitative estimate of drug-likeness (QED) is 0.348. The minimum absolute atomic E-state index is 0.261. The minimum atomic E-state index is -0.353. The van der Waals surface area contributed by atoms with E-state index < -0.39 is 0 Å². The number of rotatable bonds is 9. The maximum Gasteiger partial charge on any atom is 0.336 e. The molecule has 0 spiro atoms. The van der Waals surface area contributed by atoms with Gasteiger partial charge in [-0.3, -0.25) is 14.3 Å². The van der Waals surface area contributed by atoms with Crippen molar-refractivity contribution >= 4 is 5.82 Å². The van der Waals surface area contributed by atoms with E-state index in [9.17, 15) is 9.59 Å². The van der Waals surface area contributed by atoms with Crippen LogP contribution in [0.3, 0.4) is 0 Å². The summed E-state index contributed by atoms with van der Waals surface area (Å²) < 4.78 is 2.70. The number of nitrogens with zero attached hydrogens (tertiary/aromatic N) is 4. The van der Waals surface area contributed by atoms with Gasteiger partial charge in [-0.2, -0.15) is 0 Å². The summed E-state index contributed by atoms with van der Waals surface area (Å²) in [6.45, 7) is 5.67. The number of para-hydroxylation sites is 1. The molecule has 0 radical (unpaired) electrons. The molecule has 1 aliphatic rings. The summed E-state index contributed by atoms with van der Waals surface area (Å²) >= 11 is 0. The van der Waals surface area contributed by atoms with Crippen LogP contribution >= 0.6 is 0 Å². The van der Waals surface area contributed by atoms with Crippen LogP contribution in [0.4, 0.5) is 5.82 Å². The molecule has 0 bridgehead atoms. The van der Waals surface area contributed by atoms with Crippen LogP contribution in [-0.4, -0.2) is 58.2 Å². The van der Waals surface area contributed by atoms with Crippen LogP contribution in [0.1, 0.15) is 23.6 Å². The van der Waals surface area contributed by atoms with Crippen molar-refractivity contribution in [2.75, 3.05) is 44.6 Å². The molecule has 0 amide bonds. The first-order chi connectivity index (χ1) is 18.6. The van der Waals surface area contributed by atoms with Crippen molar-refractivity contribution in [1.82, 2.24) is 18.9 Å². The molecule has 0 unspecified atom stereocenters. The molecule has 2 heterocycles. The van der Waals surface area contributed by atoms with Crippen LogP contribution in [0, 0.1) is 0 Å². The Morgan fingerprint density at radius 2 is 1.32 bits per heavy atom. The lowest BCUT2D eigenvalue weighted by atomic mass is 9.96. The Balaban J connectivity index is 1.19. The van der Waals surface area contributed by atoms with Gasteiger partial charge in [0.1, 0.15) is 5.82 Å². The predicted octanol–water partition coefficient (Wildman–Crippen LogP) is 3.75. The third kappa shape index (κ3) is 5.79. The molecule has 38 heavy (non-hydrogen) atoms. The summed E-state index contributed by atoms with van der Waals surface area (Å²) in [6.07, 6.45) is 0.916. The molecule has 5 rings (SSSR count). The average Bonchev–Trinajstić information content (AvgIpc) is 2.97. The van der Waals surface area contributed by atoms with Crippen LogP contribution < -0.4 is 16.6 Å². The van der Waals surface area contributed by atoms with Gasteiger partial charge in [-0.25, -0.2) is 9.36 Å². The standard InChI is InChI=1S/C31H35N5O2/c1-33-29(37)24-28(36(31(33)38)27-16-9-4-10-17-27)32-18-11-19-34-20-22-35(23-21-34)30(25-12-5-2-6-13-25)26-14-7-3-8-15-26/h2-10,12-17,24,30,32H,11,18-23H2,1H3. The van der Waals surface area contributed by atoms with Crippen LogP contribution in [0.15, 0.2) is 107 Å². The molecule has 7 heteroatoms. The van der Waals surface area contributed by atoms with E-state index in [0.717, 1.165) is 49.4 Å². The first-order valence-corrected chi connectivity index (χ1v) is 13.3. The fraction of sp³-hybridized carbons (Fsp3) is 0.290. The Morgan fingerprint density at radius 3 is 1.89 bits per heavy atom. The molecule has 196 valence electrons. The van der Waals surface area contributed by atoms with Gasteiger partial charge in [-0.05, 0) is 36.2 Å². The molecular weight excluding hydrogens is 474 g/mol. The number of hydrogen-bond donors (Lipinski definition) is 1. The number of hydrogen-bond acceptors (Lipinski definition) is 5. The highest BCUT2D eigenvalue weighted by Crippen LogP contribution is 2.29. The summed E-state index contributed by atoms with van der Waals surface area (Å²) in [4.78, 5) is 30.2. The highest BCUT2D eigenvalue weighted by atomic mass is 16.2. The molecule has 1 N–H and O–H groups in total. The molecule has 7 nitrogen and oxygen atoms in total. The fourth-order valence-electron chi connectivity index (χ4n) is 5.23. The number of aromatic nitrogens is 2. The molecule has 3 aromatic carbocycles. The van der Waals surface area contributed by atoms with Gasteiger partial charge in [0.25, 0.3) is 5.56 Å². The van der Waals surface area contributed by atoms with Crippen molar-refractivity contribution in [3.05, 3.63) is 129 Å². The van der Waals surface area contributed by atoms with E-state index in [1.165, 1.54) is 24.2 Å². The first kappa shape index (κ1) is 25.7. The van der Waals surface area contributed by atoms with E-state index in [2.05, 4.69) is 75.8 Å².